The van der Waals surface area contributed by atoms with E-state index in [1.54, 1.807) is 0 Å². The normalized spacial score (nSPS) is 12.5. The van der Waals surface area contributed by atoms with E-state index < -0.39 is 32.5 Å². The van der Waals surface area contributed by atoms with E-state index >= 15 is 0 Å². The van der Waals surface area contributed by atoms with Crippen LogP contribution >= 0.6 is 7.82 Å². The lowest BCUT2D eigenvalue weighted by Crippen LogP contribution is -2.29. The zero-order chi connectivity index (χ0) is 34.0. The molecule has 0 saturated carbocycles. The molecule has 0 aromatic carbocycles. The number of ether oxygens (including phenoxy) is 2. The van der Waals surface area contributed by atoms with E-state index in [9.17, 15) is 14.2 Å². The zero-order valence-electron chi connectivity index (χ0n) is 29.7. The van der Waals surface area contributed by atoms with Gasteiger partial charge in [0.15, 0.2) is 6.10 Å². The van der Waals surface area contributed by atoms with Crippen LogP contribution in [0.5, 0.6) is 0 Å². The van der Waals surface area contributed by atoms with Crippen molar-refractivity contribution in [3.8, 4) is 0 Å². The highest BCUT2D eigenvalue weighted by Crippen LogP contribution is 2.36. The third-order valence-corrected chi connectivity index (χ3v) is 8.77. The molecular formula is C37H71O8P. The highest BCUT2D eigenvalue weighted by atomic mass is 31.2. The van der Waals surface area contributed by atoms with Crippen molar-refractivity contribution < 1.29 is 37.9 Å². The number of carbonyl (C=O) groups excluding carboxylic acids is 2. The first-order valence-electron chi connectivity index (χ1n) is 19.0. The minimum Gasteiger partial charge on any atom is -0.462 e. The second-order valence-electron chi connectivity index (χ2n) is 12.9. The quantitative estimate of drug-likeness (QED) is 0.0295. The smallest absolute Gasteiger partial charge is 0.462 e. The summed E-state index contributed by atoms with van der Waals surface area (Å²) in [5.74, 6) is -0.882. The average molecular weight is 675 g/mol. The van der Waals surface area contributed by atoms with Crippen LogP contribution in [0.2, 0.25) is 0 Å². The Morgan fingerprint density at radius 1 is 0.543 bits per heavy atom. The van der Waals surface area contributed by atoms with Crippen molar-refractivity contribution in [1.82, 2.24) is 0 Å². The Labute approximate surface area is 282 Å². The SMILES string of the molecule is CCCCCCC=CCCCCCCCCCC(=O)OC(COC(=O)CCCCCCCCCCCCCCC)COP(=O)(O)O. The van der Waals surface area contributed by atoms with Crippen molar-refractivity contribution in [3.63, 3.8) is 0 Å². The highest BCUT2D eigenvalue weighted by Gasteiger charge is 2.22. The Morgan fingerprint density at radius 3 is 1.35 bits per heavy atom. The van der Waals surface area contributed by atoms with Crippen LogP contribution in [-0.2, 0) is 28.2 Å². The summed E-state index contributed by atoms with van der Waals surface area (Å²) in [7, 11) is -4.74. The van der Waals surface area contributed by atoms with Crippen LogP contribution in [0.1, 0.15) is 194 Å². The van der Waals surface area contributed by atoms with Gasteiger partial charge in [-0.25, -0.2) is 4.57 Å². The molecule has 0 saturated heterocycles. The van der Waals surface area contributed by atoms with Crippen LogP contribution in [0.15, 0.2) is 12.2 Å². The lowest BCUT2D eigenvalue weighted by molar-refractivity contribution is -0.161. The first-order chi connectivity index (χ1) is 22.3. The van der Waals surface area contributed by atoms with Crippen LogP contribution < -0.4 is 0 Å². The van der Waals surface area contributed by atoms with Gasteiger partial charge in [0.1, 0.15) is 6.61 Å². The lowest BCUT2D eigenvalue weighted by atomic mass is 10.0. The van der Waals surface area contributed by atoms with E-state index in [1.807, 2.05) is 0 Å². The molecule has 0 amide bonds. The van der Waals surface area contributed by atoms with Gasteiger partial charge in [-0.3, -0.25) is 14.1 Å². The monoisotopic (exact) mass is 674 g/mol. The number of phosphoric acid groups is 1. The molecule has 0 aliphatic rings. The van der Waals surface area contributed by atoms with Gasteiger partial charge < -0.3 is 19.3 Å². The Morgan fingerprint density at radius 2 is 0.913 bits per heavy atom. The fourth-order valence-corrected chi connectivity index (χ4v) is 5.79. The largest absolute Gasteiger partial charge is 0.469 e. The molecule has 2 N–H and O–H groups in total. The summed E-state index contributed by atoms with van der Waals surface area (Å²) in [6, 6.07) is 0. The summed E-state index contributed by atoms with van der Waals surface area (Å²) in [5, 5.41) is 0. The molecule has 0 spiro atoms. The van der Waals surface area contributed by atoms with E-state index in [-0.39, 0.29) is 19.4 Å². The van der Waals surface area contributed by atoms with Crippen molar-refractivity contribution in [1.29, 1.82) is 0 Å². The number of allylic oxidation sites excluding steroid dienone is 2. The molecule has 0 heterocycles. The number of hydrogen-bond acceptors (Lipinski definition) is 6. The van der Waals surface area contributed by atoms with E-state index in [1.165, 1.54) is 116 Å². The first-order valence-corrected chi connectivity index (χ1v) is 20.5. The van der Waals surface area contributed by atoms with Gasteiger partial charge in [-0.05, 0) is 38.5 Å². The third-order valence-electron chi connectivity index (χ3n) is 8.28. The molecule has 0 fully saturated rings. The van der Waals surface area contributed by atoms with E-state index in [2.05, 4.69) is 30.5 Å². The predicted molar refractivity (Wildman–Crippen MR) is 189 cm³/mol. The van der Waals surface area contributed by atoms with Gasteiger partial charge in [-0.15, -0.1) is 0 Å². The summed E-state index contributed by atoms with van der Waals surface area (Å²) >= 11 is 0. The van der Waals surface area contributed by atoms with Crippen LogP contribution in [0.4, 0.5) is 0 Å². The van der Waals surface area contributed by atoms with E-state index in [0.29, 0.717) is 6.42 Å². The molecule has 0 aliphatic heterocycles. The minimum absolute atomic E-state index is 0.211. The molecule has 1 unspecified atom stereocenters. The number of esters is 2. The van der Waals surface area contributed by atoms with Crippen LogP contribution in [-0.4, -0.2) is 41.0 Å². The summed E-state index contributed by atoms with van der Waals surface area (Å²) in [5.41, 5.74) is 0. The molecule has 9 heteroatoms. The summed E-state index contributed by atoms with van der Waals surface area (Å²) < 4.78 is 26.3. The summed E-state index contributed by atoms with van der Waals surface area (Å²) in [6.45, 7) is 3.67. The maximum atomic E-state index is 12.3. The van der Waals surface area contributed by atoms with Crippen molar-refractivity contribution in [3.05, 3.63) is 12.2 Å². The van der Waals surface area contributed by atoms with Gasteiger partial charge in [-0.2, -0.15) is 0 Å². The van der Waals surface area contributed by atoms with Gasteiger partial charge in [0.2, 0.25) is 0 Å². The average Bonchev–Trinajstić information content (AvgIpc) is 3.02. The molecule has 1 atom stereocenters. The summed E-state index contributed by atoms with van der Waals surface area (Å²) in [6.07, 6.45) is 35.0. The molecule has 272 valence electrons. The Bertz CT molecular complexity index is 766. The molecule has 0 radical (unpaired) electrons. The Kier molecular flexibility index (Phi) is 32.8. The van der Waals surface area contributed by atoms with Crippen LogP contribution in [0, 0.1) is 0 Å². The molecule has 0 rings (SSSR count). The van der Waals surface area contributed by atoms with Crippen LogP contribution in [0.3, 0.4) is 0 Å². The van der Waals surface area contributed by atoms with E-state index in [0.717, 1.165) is 44.9 Å². The van der Waals surface area contributed by atoms with Crippen molar-refractivity contribution >= 4 is 19.8 Å². The maximum absolute atomic E-state index is 12.3. The first kappa shape index (κ1) is 44.8. The van der Waals surface area contributed by atoms with Crippen molar-refractivity contribution in [2.45, 2.75) is 200 Å². The second-order valence-corrected chi connectivity index (χ2v) is 14.1. The zero-order valence-corrected chi connectivity index (χ0v) is 30.6. The van der Waals surface area contributed by atoms with Crippen molar-refractivity contribution in [2.75, 3.05) is 13.2 Å². The summed E-state index contributed by atoms with van der Waals surface area (Å²) in [4.78, 5) is 42.7. The lowest BCUT2D eigenvalue weighted by Gasteiger charge is -2.18. The standard InChI is InChI=1S/C37H71O8P/c1-3-5-7-9-11-13-15-17-18-20-22-24-26-28-30-32-37(39)45-35(34-44-46(40,41)42)33-43-36(38)31-29-27-25-23-21-19-16-14-12-10-8-6-4-2/h13,15,35H,3-12,14,16-34H2,1-2H3,(H2,40,41,42). The van der Waals surface area contributed by atoms with Crippen molar-refractivity contribution in [2.24, 2.45) is 0 Å². The Balaban J connectivity index is 3.94. The molecule has 0 aliphatic carbocycles. The molecule has 0 aromatic heterocycles. The number of carbonyl (C=O) groups is 2. The number of hydrogen-bond donors (Lipinski definition) is 2. The topological polar surface area (TPSA) is 119 Å². The van der Waals surface area contributed by atoms with Gasteiger partial charge in [0.05, 0.1) is 6.61 Å². The van der Waals surface area contributed by atoms with E-state index in [4.69, 9.17) is 19.3 Å². The second kappa shape index (κ2) is 33.7. The molecule has 8 nitrogen and oxygen atoms in total. The van der Waals surface area contributed by atoms with Gasteiger partial charge in [0, 0.05) is 12.8 Å². The minimum atomic E-state index is -4.74. The fraction of sp³-hybridized carbons (Fsp3) is 0.892. The van der Waals surface area contributed by atoms with Crippen LogP contribution in [0.25, 0.3) is 0 Å². The maximum Gasteiger partial charge on any atom is 0.469 e. The Hall–Kier alpha value is -1.21. The fourth-order valence-electron chi connectivity index (χ4n) is 5.43. The molecule has 0 bridgehead atoms. The molecular weight excluding hydrogens is 603 g/mol. The number of phosphoric ester groups is 1. The van der Waals surface area contributed by atoms with Gasteiger partial charge in [-0.1, -0.05) is 154 Å². The van der Waals surface area contributed by atoms with Gasteiger partial charge >= 0.3 is 19.8 Å². The van der Waals surface area contributed by atoms with Gasteiger partial charge in [0.25, 0.3) is 0 Å². The highest BCUT2D eigenvalue weighted by molar-refractivity contribution is 7.46. The number of unbranched alkanes of at least 4 members (excludes halogenated alkanes) is 23. The molecule has 46 heavy (non-hydrogen) atoms. The predicted octanol–water partition coefficient (Wildman–Crippen LogP) is 11.1. The molecule has 0 aromatic rings. The number of rotatable bonds is 35. The third kappa shape index (κ3) is 35.6.